The first-order chi connectivity index (χ1) is 15.6. The fourth-order valence-electron chi connectivity index (χ4n) is 3.07. The van der Waals surface area contributed by atoms with Gasteiger partial charge in [-0.3, -0.25) is 9.89 Å². The summed E-state index contributed by atoms with van der Waals surface area (Å²) in [6.45, 7) is 17.3. The Morgan fingerprint density at radius 3 is 2.47 bits per heavy atom. The highest BCUT2D eigenvalue weighted by molar-refractivity contribution is 7.16. The standard InChI is InChI=1S/C20H31N5S.C5H12O/c1-5-22-13-10-14-25(6-2)15-18(21-4)19-20(26-16(3)23-19)24-17-11-8-7-9-12-17;1-3-5-6-4-2/h7-9,11-12,22,24H,5-6,10,13-15H2,1-4H3;3-5H2,1-2H3. The average molecular weight is 462 g/mol. The minimum atomic E-state index is 0.825. The van der Waals surface area contributed by atoms with Gasteiger partial charge in [0, 0.05) is 32.5 Å². The normalized spacial score (nSPS) is 11.4. The van der Waals surface area contributed by atoms with E-state index < -0.39 is 0 Å². The van der Waals surface area contributed by atoms with E-state index in [9.17, 15) is 0 Å². The summed E-state index contributed by atoms with van der Waals surface area (Å²) >= 11 is 1.68. The van der Waals surface area contributed by atoms with Gasteiger partial charge in [0.2, 0.25) is 0 Å². The maximum absolute atomic E-state index is 4.98. The lowest BCUT2D eigenvalue weighted by molar-refractivity contribution is 0.148. The van der Waals surface area contributed by atoms with Crippen LogP contribution < -0.4 is 10.6 Å². The van der Waals surface area contributed by atoms with Crippen molar-refractivity contribution in [2.75, 3.05) is 58.3 Å². The highest BCUT2D eigenvalue weighted by Gasteiger charge is 2.17. The van der Waals surface area contributed by atoms with E-state index in [1.54, 1.807) is 11.3 Å². The van der Waals surface area contributed by atoms with Crippen molar-refractivity contribution in [1.29, 1.82) is 0 Å². The molecule has 0 saturated heterocycles. The first-order valence-corrected chi connectivity index (χ1v) is 12.7. The van der Waals surface area contributed by atoms with Gasteiger partial charge in [-0.05, 0) is 65.0 Å². The highest BCUT2D eigenvalue weighted by Crippen LogP contribution is 2.28. The molecule has 6 nitrogen and oxygen atoms in total. The van der Waals surface area contributed by atoms with Crippen molar-refractivity contribution in [3.05, 3.63) is 41.0 Å². The number of rotatable bonds is 14. The van der Waals surface area contributed by atoms with Crippen molar-refractivity contribution in [3.63, 3.8) is 0 Å². The zero-order chi connectivity index (χ0) is 23.6. The number of nitrogens with zero attached hydrogens (tertiary/aromatic N) is 3. The van der Waals surface area contributed by atoms with Crippen LogP contribution in [0.25, 0.3) is 0 Å². The largest absolute Gasteiger partial charge is 0.382 e. The van der Waals surface area contributed by atoms with Gasteiger partial charge < -0.3 is 15.4 Å². The molecule has 7 heteroatoms. The molecule has 0 fully saturated rings. The van der Waals surface area contributed by atoms with E-state index in [2.05, 4.69) is 53.4 Å². The Morgan fingerprint density at radius 1 is 1.16 bits per heavy atom. The zero-order valence-electron chi connectivity index (χ0n) is 20.9. The van der Waals surface area contributed by atoms with Crippen molar-refractivity contribution in [2.24, 2.45) is 4.99 Å². The molecule has 0 spiro atoms. The van der Waals surface area contributed by atoms with Crippen LogP contribution >= 0.6 is 11.3 Å². The van der Waals surface area contributed by atoms with Crippen LogP contribution in [0.4, 0.5) is 10.7 Å². The van der Waals surface area contributed by atoms with Crippen molar-refractivity contribution in [3.8, 4) is 0 Å². The summed E-state index contributed by atoms with van der Waals surface area (Å²) in [5, 5.41) is 9.01. The number of aryl methyl sites for hydroxylation is 1. The van der Waals surface area contributed by atoms with Crippen LogP contribution in [0.5, 0.6) is 0 Å². The van der Waals surface area contributed by atoms with Crippen LogP contribution in [-0.2, 0) is 4.74 Å². The van der Waals surface area contributed by atoms with Gasteiger partial charge in [-0.2, -0.15) is 0 Å². The van der Waals surface area contributed by atoms with Gasteiger partial charge in [-0.25, -0.2) is 4.98 Å². The molecule has 1 aromatic carbocycles. The lowest BCUT2D eigenvalue weighted by Crippen LogP contribution is -2.33. The summed E-state index contributed by atoms with van der Waals surface area (Å²) in [5.41, 5.74) is 3.09. The summed E-state index contributed by atoms with van der Waals surface area (Å²) in [4.78, 5) is 11.8. The van der Waals surface area contributed by atoms with Crippen LogP contribution in [0.15, 0.2) is 35.3 Å². The van der Waals surface area contributed by atoms with Gasteiger partial charge >= 0.3 is 0 Å². The Bertz CT molecular complexity index is 744. The second-order valence-electron chi connectivity index (χ2n) is 7.34. The number of benzene rings is 1. The number of hydrogen-bond donors (Lipinski definition) is 2. The molecule has 0 saturated carbocycles. The smallest absolute Gasteiger partial charge is 0.123 e. The van der Waals surface area contributed by atoms with E-state index in [0.29, 0.717) is 0 Å². The second-order valence-corrected chi connectivity index (χ2v) is 8.55. The third-order valence-electron chi connectivity index (χ3n) is 4.76. The van der Waals surface area contributed by atoms with Crippen LogP contribution in [0.1, 0.15) is 51.2 Å². The van der Waals surface area contributed by atoms with E-state index in [1.165, 1.54) is 0 Å². The summed E-state index contributed by atoms with van der Waals surface area (Å²) < 4.78 is 4.98. The lowest BCUT2D eigenvalue weighted by atomic mass is 10.2. The number of aromatic nitrogens is 1. The van der Waals surface area contributed by atoms with Crippen molar-refractivity contribution >= 4 is 27.7 Å². The Hall–Kier alpha value is -1.80. The lowest BCUT2D eigenvalue weighted by Gasteiger charge is -2.21. The molecule has 0 aliphatic heterocycles. The summed E-state index contributed by atoms with van der Waals surface area (Å²) in [6.07, 6.45) is 2.28. The number of nitrogens with one attached hydrogen (secondary N) is 2. The number of ether oxygens (including phenoxy) is 1. The summed E-state index contributed by atoms with van der Waals surface area (Å²) in [5.74, 6) is 0. The first-order valence-electron chi connectivity index (χ1n) is 11.9. The molecule has 180 valence electrons. The van der Waals surface area contributed by atoms with Crippen LogP contribution in [0, 0.1) is 6.92 Å². The molecule has 2 N–H and O–H groups in total. The number of hydrogen-bond acceptors (Lipinski definition) is 7. The quantitative estimate of drug-likeness (QED) is 0.293. The average Bonchev–Trinajstić information content (AvgIpc) is 3.18. The van der Waals surface area contributed by atoms with Gasteiger partial charge in [0.15, 0.2) is 0 Å². The maximum Gasteiger partial charge on any atom is 0.123 e. The molecule has 1 heterocycles. The monoisotopic (exact) mass is 461 g/mol. The van der Waals surface area contributed by atoms with Crippen molar-refractivity contribution < 1.29 is 4.74 Å². The maximum atomic E-state index is 4.98. The van der Waals surface area contributed by atoms with E-state index in [4.69, 9.17) is 9.72 Å². The molecular weight excluding hydrogens is 418 g/mol. The molecule has 0 atom stereocenters. The predicted molar refractivity (Wildman–Crippen MR) is 141 cm³/mol. The number of anilines is 2. The molecule has 0 radical (unpaired) electrons. The van der Waals surface area contributed by atoms with E-state index >= 15 is 0 Å². The first kappa shape index (κ1) is 28.2. The number of thiazole rings is 1. The molecule has 0 bridgehead atoms. The van der Waals surface area contributed by atoms with Gasteiger partial charge in [-0.15, -0.1) is 11.3 Å². The highest BCUT2D eigenvalue weighted by atomic mass is 32.1. The minimum absolute atomic E-state index is 0.825. The minimum Gasteiger partial charge on any atom is -0.382 e. The van der Waals surface area contributed by atoms with E-state index in [-0.39, 0.29) is 0 Å². The third-order valence-corrected chi connectivity index (χ3v) is 5.65. The molecule has 2 rings (SSSR count). The molecule has 1 aromatic heterocycles. The number of aliphatic imine (C=N–C) groups is 1. The van der Waals surface area contributed by atoms with Crippen LogP contribution in [0.3, 0.4) is 0 Å². The molecule has 0 aliphatic carbocycles. The Morgan fingerprint density at radius 2 is 1.91 bits per heavy atom. The molecule has 2 aromatic rings. The molecular formula is C25H43N5OS. The Balaban J connectivity index is 0.000000751. The Labute approximate surface area is 199 Å². The van der Waals surface area contributed by atoms with Gasteiger partial charge in [0.1, 0.15) is 10.7 Å². The van der Waals surface area contributed by atoms with Crippen LogP contribution in [-0.4, -0.2) is 68.6 Å². The van der Waals surface area contributed by atoms with Gasteiger partial charge in [0.05, 0.1) is 10.7 Å². The fraction of sp³-hybridized carbons (Fsp3) is 0.600. The van der Waals surface area contributed by atoms with Crippen LogP contribution in [0.2, 0.25) is 0 Å². The molecule has 0 amide bonds. The van der Waals surface area contributed by atoms with E-state index in [0.717, 1.165) is 85.9 Å². The third kappa shape index (κ3) is 11.2. The van der Waals surface area contributed by atoms with E-state index in [1.807, 2.05) is 39.1 Å². The predicted octanol–water partition coefficient (Wildman–Crippen LogP) is 5.37. The summed E-state index contributed by atoms with van der Waals surface area (Å²) in [7, 11) is 1.86. The number of likely N-dealkylation sites (N-methyl/N-ethyl adjacent to an activating group) is 1. The second kappa shape index (κ2) is 17.7. The fourth-order valence-corrected chi connectivity index (χ4v) is 3.93. The molecule has 0 aliphatic rings. The topological polar surface area (TPSA) is 61.8 Å². The van der Waals surface area contributed by atoms with Crippen molar-refractivity contribution in [2.45, 2.75) is 47.5 Å². The Kier molecular flexibility index (Phi) is 15.6. The van der Waals surface area contributed by atoms with Crippen molar-refractivity contribution in [1.82, 2.24) is 15.2 Å². The number of para-hydroxylation sites is 1. The van der Waals surface area contributed by atoms with Gasteiger partial charge in [0.25, 0.3) is 0 Å². The molecule has 0 unspecified atom stereocenters. The SMILES string of the molecule is CCCOCC.CCNCCCN(CC)CC(=NC)c1nc(C)sc1Nc1ccccc1. The molecule has 32 heavy (non-hydrogen) atoms. The summed E-state index contributed by atoms with van der Waals surface area (Å²) in [6, 6.07) is 10.2. The zero-order valence-corrected chi connectivity index (χ0v) is 21.7. The van der Waals surface area contributed by atoms with Gasteiger partial charge in [-0.1, -0.05) is 39.0 Å².